The Bertz CT molecular complexity index is 514. The average molecular weight is 244 g/mol. The average Bonchev–Trinajstić information content (AvgIpc) is 2.58. The van der Waals surface area contributed by atoms with Gasteiger partial charge in [-0.3, -0.25) is 9.67 Å². The predicted octanol–water partition coefficient (Wildman–Crippen LogP) is 1.83. The highest BCUT2D eigenvalue weighted by Gasteiger charge is 2.13. The van der Waals surface area contributed by atoms with Gasteiger partial charge in [-0.25, -0.2) is 0 Å². The van der Waals surface area contributed by atoms with E-state index < -0.39 is 0 Å². The van der Waals surface area contributed by atoms with E-state index >= 15 is 0 Å². The van der Waals surface area contributed by atoms with E-state index in [9.17, 15) is 0 Å². The molecule has 4 nitrogen and oxygen atoms in total. The van der Waals surface area contributed by atoms with Crippen LogP contribution in [0.2, 0.25) is 0 Å². The predicted molar refractivity (Wildman–Crippen MR) is 72.4 cm³/mol. The summed E-state index contributed by atoms with van der Waals surface area (Å²) in [6.45, 7) is 6.88. The van der Waals surface area contributed by atoms with Gasteiger partial charge in [0.15, 0.2) is 0 Å². The molecule has 4 heteroatoms. The Balaban J connectivity index is 2.25. The summed E-state index contributed by atoms with van der Waals surface area (Å²) in [5, 5.41) is 4.58. The van der Waals surface area contributed by atoms with E-state index in [1.807, 2.05) is 42.9 Å². The van der Waals surface area contributed by atoms with Crippen LogP contribution in [0.25, 0.3) is 0 Å². The number of pyridine rings is 1. The molecule has 0 spiro atoms. The Morgan fingerprint density at radius 3 is 2.72 bits per heavy atom. The van der Waals surface area contributed by atoms with E-state index in [4.69, 9.17) is 5.73 Å². The van der Waals surface area contributed by atoms with E-state index in [1.165, 1.54) is 11.3 Å². The molecule has 2 heterocycles. The van der Waals surface area contributed by atoms with Crippen LogP contribution < -0.4 is 5.73 Å². The topological polar surface area (TPSA) is 56.7 Å². The van der Waals surface area contributed by atoms with Crippen molar-refractivity contribution in [1.82, 2.24) is 14.8 Å². The zero-order chi connectivity index (χ0) is 13.1. The normalized spacial score (nSPS) is 12.7. The number of aryl methyl sites for hydroxylation is 1. The highest BCUT2D eigenvalue weighted by atomic mass is 15.3. The quantitative estimate of drug-likeness (QED) is 0.892. The van der Waals surface area contributed by atoms with Gasteiger partial charge in [-0.15, -0.1) is 0 Å². The maximum atomic E-state index is 5.87. The van der Waals surface area contributed by atoms with Gasteiger partial charge in [0, 0.05) is 17.9 Å². The fraction of sp³-hybridized carbons (Fsp3) is 0.429. The van der Waals surface area contributed by atoms with Crippen molar-refractivity contribution in [2.75, 3.05) is 0 Å². The van der Waals surface area contributed by atoms with Crippen molar-refractivity contribution >= 4 is 0 Å². The van der Waals surface area contributed by atoms with Crippen molar-refractivity contribution in [3.05, 3.63) is 47.0 Å². The standard InChI is InChI=1S/C14H20N4/c1-10(15)8-14-11(2)17-18(12(14)3)9-13-6-4-5-7-16-13/h4-7,10H,8-9,15H2,1-3H3. The fourth-order valence-electron chi connectivity index (χ4n) is 2.15. The van der Waals surface area contributed by atoms with E-state index in [2.05, 4.69) is 17.0 Å². The van der Waals surface area contributed by atoms with E-state index in [0.29, 0.717) is 6.54 Å². The van der Waals surface area contributed by atoms with Crippen molar-refractivity contribution in [2.24, 2.45) is 5.73 Å². The maximum Gasteiger partial charge on any atom is 0.0834 e. The van der Waals surface area contributed by atoms with Crippen LogP contribution >= 0.6 is 0 Å². The highest BCUT2D eigenvalue weighted by molar-refractivity contribution is 5.26. The Morgan fingerprint density at radius 1 is 1.33 bits per heavy atom. The molecule has 0 amide bonds. The van der Waals surface area contributed by atoms with Gasteiger partial charge >= 0.3 is 0 Å². The molecule has 1 unspecified atom stereocenters. The highest BCUT2D eigenvalue weighted by Crippen LogP contribution is 2.15. The molecule has 1 atom stereocenters. The van der Waals surface area contributed by atoms with Crippen LogP contribution in [0.1, 0.15) is 29.6 Å². The molecule has 0 bridgehead atoms. The lowest BCUT2D eigenvalue weighted by molar-refractivity contribution is 0.644. The number of rotatable bonds is 4. The number of aromatic nitrogens is 3. The first kappa shape index (κ1) is 12.8. The largest absolute Gasteiger partial charge is 0.328 e. The number of nitrogens with zero attached hydrogens (tertiary/aromatic N) is 3. The molecule has 2 aromatic heterocycles. The third-order valence-electron chi connectivity index (χ3n) is 3.10. The van der Waals surface area contributed by atoms with Gasteiger partial charge in [0.25, 0.3) is 0 Å². The van der Waals surface area contributed by atoms with Crippen LogP contribution in [-0.4, -0.2) is 20.8 Å². The molecule has 18 heavy (non-hydrogen) atoms. The fourth-order valence-corrected chi connectivity index (χ4v) is 2.15. The molecule has 2 N–H and O–H groups in total. The van der Waals surface area contributed by atoms with Crippen molar-refractivity contribution in [3.8, 4) is 0 Å². The second-order valence-corrected chi connectivity index (χ2v) is 4.81. The number of hydrogen-bond acceptors (Lipinski definition) is 3. The first-order chi connectivity index (χ1) is 8.58. The van der Waals surface area contributed by atoms with Crippen molar-refractivity contribution < 1.29 is 0 Å². The van der Waals surface area contributed by atoms with Crippen LogP contribution in [0.3, 0.4) is 0 Å². The van der Waals surface area contributed by atoms with Crippen LogP contribution in [0.15, 0.2) is 24.4 Å². The van der Waals surface area contributed by atoms with Crippen LogP contribution in [0.5, 0.6) is 0 Å². The minimum absolute atomic E-state index is 0.162. The maximum absolute atomic E-state index is 5.87. The van der Waals surface area contributed by atoms with Crippen molar-refractivity contribution in [2.45, 2.75) is 39.8 Å². The zero-order valence-electron chi connectivity index (χ0n) is 11.2. The van der Waals surface area contributed by atoms with Gasteiger partial charge < -0.3 is 5.73 Å². The molecule has 0 fully saturated rings. The summed E-state index contributed by atoms with van der Waals surface area (Å²) in [5.41, 5.74) is 10.4. The summed E-state index contributed by atoms with van der Waals surface area (Å²) in [6.07, 6.45) is 2.68. The molecule has 0 aliphatic carbocycles. The van der Waals surface area contributed by atoms with Crippen LogP contribution in [-0.2, 0) is 13.0 Å². The van der Waals surface area contributed by atoms with Crippen LogP contribution in [0.4, 0.5) is 0 Å². The zero-order valence-corrected chi connectivity index (χ0v) is 11.2. The van der Waals surface area contributed by atoms with Gasteiger partial charge in [-0.2, -0.15) is 5.10 Å². The van der Waals surface area contributed by atoms with E-state index in [-0.39, 0.29) is 6.04 Å². The second-order valence-electron chi connectivity index (χ2n) is 4.81. The Kier molecular flexibility index (Phi) is 3.77. The number of hydrogen-bond donors (Lipinski definition) is 1. The summed E-state index contributed by atoms with van der Waals surface area (Å²) in [5.74, 6) is 0. The second kappa shape index (κ2) is 5.31. The summed E-state index contributed by atoms with van der Waals surface area (Å²) in [4.78, 5) is 4.33. The number of nitrogens with two attached hydrogens (primary N) is 1. The molecule has 2 aromatic rings. The van der Waals surface area contributed by atoms with E-state index in [1.54, 1.807) is 0 Å². The third-order valence-corrected chi connectivity index (χ3v) is 3.10. The van der Waals surface area contributed by atoms with Crippen molar-refractivity contribution in [1.29, 1.82) is 0 Å². The minimum Gasteiger partial charge on any atom is -0.328 e. The lowest BCUT2D eigenvalue weighted by Gasteiger charge is -2.07. The Hall–Kier alpha value is -1.68. The summed E-state index contributed by atoms with van der Waals surface area (Å²) < 4.78 is 2.01. The monoisotopic (exact) mass is 244 g/mol. The SMILES string of the molecule is Cc1nn(Cc2ccccn2)c(C)c1CC(C)N. The minimum atomic E-state index is 0.162. The molecule has 2 rings (SSSR count). The molecule has 0 aliphatic heterocycles. The Morgan fingerprint density at radius 2 is 2.11 bits per heavy atom. The molecule has 0 aliphatic rings. The lowest BCUT2D eigenvalue weighted by Crippen LogP contribution is -2.18. The smallest absolute Gasteiger partial charge is 0.0834 e. The molecule has 96 valence electrons. The molecular weight excluding hydrogens is 224 g/mol. The molecule has 0 aromatic carbocycles. The third kappa shape index (κ3) is 2.76. The molecular formula is C14H20N4. The first-order valence-corrected chi connectivity index (χ1v) is 6.26. The van der Waals surface area contributed by atoms with Crippen LogP contribution in [0, 0.1) is 13.8 Å². The first-order valence-electron chi connectivity index (χ1n) is 6.26. The summed E-state index contributed by atoms with van der Waals surface area (Å²) in [7, 11) is 0. The molecule has 0 radical (unpaired) electrons. The van der Waals surface area contributed by atoms with Gasteiger partial charge in [0.05, 0.1) is 17.9 Å². The van der Waals surface area contributed by atoms with Gasteiger partial charge in [0.2, 0.25) is 0 Å². The lowest BCUT2D eigenvalue weighted by atomic mass is 10.1. The summed E-state index contributed by atoms with van der Waals surface area (Å²) in [6, 6.07) is 6.10. The molecule has 0 saturated carbocycles. The summed E-state index contributed by atoms with van der Waals surface area (Å²) >= 11 is 0. The van der Waals surface area contributed by atoms with E-state index in [0.717, 1.165) is 17.8 Å². The Labute approximate surface area is 108 Å². The molecule has 0 saturated heterocycles. The van der Waals surface area contributed by atoms with Gasteiger partial charge in [-0.05, 0) is 44.9 Å². The van der Waals surface area contributed by atoms with Gasteiger partial charge in [0.1, 0.15) is 0 Å². The van der Waals surface area contributed by atoms with Crippen molar-refractivity contribution in [3.63, 3.8) is 0 Å². The van der Waals surface area contributed by atoms with Gasteiger partial charge in [-0.1, -0.05) is 6.07 Å².